The molecule has 2 heterocycles. The van der Waals surface area contributed by atoms with Crippen molar-refractivity contribution in [1.29, 1.82) is 0 Å². The largest absolute Gasteiger partial charge is 0.493 e. The number of nitrogens with zero attached hydrogens (tertiary/aromatic N) is 3. The van der Waals surface area contributed by atoms with E-state index in [0.29, 0.717) is 43.0 Å². The van der Waals surface area contributed by atoms with Gasteiger partial charge in [0.15, 0.2) is 11.5 Å². The van der Waals surface area contributed by atoms with Gasteiger partial charge in [-0.3, -0.25) is 4.79 Å². The van der Waals surface area contributed by atoms with Crippen molar-refractivity contribution in [2.45, 2.75) is 32.0 Å². The maximum Gasteiger partial charge on any atom is 0.433 e. The lowest BCUT2D eigenvalue weighted by Gasteiger charge is -2.33. The van der Waals surface area contributed by atoms with Crippen LogP contribution in [0.15, 0.2) is 24.3 Å². The molecule has 1 aliphatic heterocycles. The van der Waals surface area contributed by atoms with E-state index in [0.717, 1.165) is 6.07 Å². The van der Waals surface area contributed by atoms with E-state index in [1.54, 1.807) is 23.1 Å². The van der Waals surface area contributed by atoms with E-state index in [4.69, 9.17) is 9.47 Å². The number of halogens is 3. The van der Waals surface area contributed by atoms with Gasteiger partial charge in [-0.2, -0.15) is 13.2 Å². The summed E-state index contributed by atoms with van der Waals surface area (Å²) in [7, 11) is 3.01. The number of aromatic nitrogens is 2. The lowest BCUT2D eigenvalue weighted by Crippen LogP contribution is -2.45. The van der Waals surface area contributed by atoms with Crippen LogP contribution in [-0.4, -0.2) is 49.2 Å². The summed E-state index contributed by atoms with van der Waals surface area (Å²) in [5.74, 6) is 1.06. The molecule has 1 fully saturated rings. The number of hydrogen-bond acceptors (Lipinski definition) is 6. The van der Waals surface area contributed by atoms with Gasteiger partial charge in [0, 0.05) is 30.8 Å². The van der Waals surface area contributed by atoms with Gasteiger partial charge in [0.1, 0.15) is 17.3 Å². The highest BCUT2D eigenvalue weighted by Gasteiger charge is 2.34. The van der Waals surface area contributed by atoms with Crippen molar-refractivity contribution < 1.29 is 27.4 Å². The van der Waals surface area contributed by atoms with Gasteiger partial charge in [-0.1, -0.05) is 0 Å². The highest BCUT2D eigenvalue weighted by atomic mass is 19.4. The summed E-state index contributed by atoms with van der Waals surface area (Å²) in [5.41, 5.74) is -0.509. The smallest absolute Gasteiger partial charge is 0.433 e. The number of hydrogen-bond donors (Lipinski definition) is 1. The van der Waals surface area contributed by atoms with Crippen LogP contribution in [-0.2, 0) is 6.18 Å². The molecular weight excluding hydrogens is 401 g/mol. The van der Waals surface area contributed by atoms with Crippen LogP contribution >= 0.6 is 0 Å². The number of piperidine rings is 1. The number of benzene rings is 1. The molecule has 0 aliphatic carbocycles. The van der Waals surface area contributed by atoms with Crippen LogP contribution in [0.1, 0.15) is 34.7 Å². The number of alkyl halides is 3. The van der Waals surface area contributed by atoms with Crippen LogP contribution in [0.5, 0.6) is 11.5 Å². The van der Waals surface area contributed by atoms with Gasteiger partial charge in [0.25, 0.3) is 5.91 Å². The van der Waals surface area contributed by atoms with Crippen LogP contribution < -0.4 is 19.7 Å². The number of rotatable bonds is 5. The molecule has 1 N–H and O–H groups in total. The number of amides is 1. The summed E-state index contributed by atoms with van der Waals surface area (Å²) in [4.78, 5) is 22.0. The molecule has 0 bridgehead atoms. The maximum atomic E-state index is 13.0. The minimum Gasteiger partial charge on any atom is -0.493 e. The van der Waals surface area contributed by atoms with Gasteiger partial charge in [0.2, 0.25) is 0 Å². The number of carbonyl (C=O) groups excluding carboxylic acids is 1. The molecule has 1 saturated heterocycles. The minimum absolute atomic E-state index is 0.0729. The molecule has 3 rings (SSSR count). The van der Waals surface area contributed by atoms with E-state index in [-0.39, 0.29) is 23.6 Å². The fourth-order valence-electron chi connectivity index (χ4n) is 3.36. The van der Waals surface area contributed by atoms with Gasteiger partial charge < -0.3 is 19.7 Å². The van der Waals surface area contributed by atoms with Crippen LogP contribution in [0, 0.1) is 6.92 Å². The number of anilines is 1. The topological polar surface area (TPSA) is 76.6 Å². The van der Waals surface area contributed by atoms with Crippen LogP contribution in [0.3, 0.4) is 0 Å². The van der Waals surface area contributed by atoms with E-state index in [1.165, 1.54) is 21.1 Å². The predicted molar refractivity (Wildman–Crippen MR) is 104 cm³/mol. The van der Waals surface area contributed by atoms with Crippen LogP contribution in [0.25, 0.3) is 0 Å². The molecule has 1 amide bonds. The molecular formula is C20H23F3N4O3. The molecule has 0 unspecified atom stereocenters. The van der Waals surface area contributed by atoms with Gasteiger partial charge in [0.05, 0.1) is 14.2 Å². The third-order valence-electron chi connectivity index (χ3n) is 4.91. The Morgan fingerprint density at radius 2 is 1.77 bits per heavy atom. The normalized spacial score (nSPS) is 15.1. The third-order valence-corrected chi connectivity index (χ3v) is 4.91. The predicted octanol–water partition coefficient (Wildman–Crippen LogP) is 3.22. The number of carbonyl (C=O) groups is 1. The Labute approximate surface area is 172 Å². The zero-order valence-corrected chi connectivity index (χ0v) is 16.9. The Kier molecular flexibility index (Phi) is 6.33. The summed E-state index contributed by atoms with van der Waals surface area (Å²) in [5, 5.41) is 2.97. The third kappa shape index (κ3) is 4.92. The molecule has 30 heavy (non-hydrogen) atoms. The molecule has 1 aliphatic rings. The molecule has 162 valence electrons. The first-order chi connectivity index (χ1) is 14.2. The van der Waals surface area contributed by atoms with Crippen molar-refractivity contribution in [2.24, 2.45) is 0 Å². The first-order valence-electron chi connectivity index (χ1n) is 9.42. The highest BCUT2D eigenvalue weighted by molar-refractivity contribution is 5.95. The second-order valence-electron chi connectivity index (χ2n) is 6.96. The molecule has 0 saturated carbocycles. The standard InChI is InChI=1S/C20H23F3N4O3/c1-12-24-17(20(21,22)23)11-18(25-12)27-8-6-14(7-9-27)26-19(28)13-4-5-15(29-2)16(10-13)30-3/h4-5,10-11,14H,6-9H2,1-3H3,(H,26,28). The quantitative estimate of drug-likeness (QED) is 0.794. The van der Waals surface area contributed by atoms with Crippen LogP contribution in [0.4, 0.5) is 19.0 Å². The zero-order valence-electron chi connectivity index (χ0n) is 16.9. The SMILES string of the molecule is COc1ccc(C(=O)NC2CCN(c3cc(C(F)(F)F)nc(C)n3)CC2)cc1OC. The maximum absolute atomic E-state index is 13.0. The summed E-state index contributed by atoms with van der Waals surface area (Å²) >= 11 is 0. The average molecular weight is 424 g/mol. The van der Waals surface area contributed by atoms with E-state index in [2.05, 4.69) is 15.3 Å². The van der Waals surface area contributed by atoms with Crippen LogP contribution in [0.2, 0.25) is 0 Å². The first kappa shape index (κ1) is 21.7. The monoisotopic (exact) mass is 424 g/mol. The van der Waals surface area contributed by atoms with Crippen molar-refractivity contribution in [2.75, 3.05) is 32.2 Å². The van der Waals surface area contributed by atoms with E-state index >= 15 is 0 Å². The molecule has 1 aromatic carbocycles. The van der Waals surface area contributed by atoms with Crippen molar-refractivity contribution in [3.8, 4) is 11.5 Å². The van der Waals surface area contributed by atoms with Gasteiger partial charge in [-0.05, 0) is 38.0 Å². The number of ether oxygens (including phenoxy) is 2. The highest BCUT2D eigenvalue weighted by Crippen LogP contribution is 2.31. The Morgan fingerprint density at radius 3 is 2.37 bits per heavy atom. The number of aryl methyl sites for hydroxylation is 1. The van der Waals surface area contributed by atoms with Gasteiger partial charge >= 0.3 is 6.18 Å². The second kappa shape index (κ2) is 8.76. The summed E-state index contributed by atoms with van der Waals surface area (Å²) < 4.78 is 49.4. The summed E-state index contributed by atoms with van der Waals surface area (Å²) in [6, 6.07) is 5.79. The second-order valence-corrected chi connectivity index (χ2v) is 6.96. The van der Waals surface area contributed by atoms with E-state index < -0.39 is 11.9 Å². The van der Waals surface area contributed by atoms with Crippen molar-refractivity contribution >= 4 is 11.7 Å². The molecule has 2 aromatic rings. The van der Waals surface area contributed by atoms with E-state index in [9.17, 15) is 18.0 Å². The molecule has 10 heteroatoms. The van der Waals surface area contributed by atoms with Crippen molar-refractivity contribution in [3.05, 3.63) is 41.3 Å². The van der Waals surface area contributed by atoms with Gasteiger partial charge in [-0.25, -0.2) is 9.97 Å². The molecule has 0 spiro atoms. The lowest BCUT2D eigenvalue weighted by molar-refractivity contribution is -0.141. The fourth-order valence-corrected chi connectivity index (χ4v) is 3.36. The molecule has 7 nitrogen and oxygen atoms in total. The fraction of sp³-hybridized carbons (Fsp3) is 0.450. The molecule has 0 radical (unpaired) electrons. The zero-order chi connectivity index (χ0) is 21.9. The molecule has 0 atom stereocenters. The summed E-state index contributed by atoms with van der Waals surface area (Å²) in [6.45, 7) is 2.39. The summed E-state index contributed by atoms with van der Waals surface area (Å²) in [6.07, 6.45) is -3.35. The van der Waals surface area contributed by atoms with Crippen molar-refractivity contribution in [3.63, 3.8) is 0 Å². The Hall–Kier alpha value is -3.04. The Bertz CT molecular complexity index is 913. The Balaban J connectivity index is 1.62. The Morgan fingerprint density at radius 1 is 1.10 bits per heavy atom. The van der Waals surface area contributed by atoms with Gasteiger partial charge in [-0.15, -0.1) is 0 Å². The first-order valence-corrected chi connectivity index (χ1v) is 9.42. The average Bonchev–Trinajstić information content (AvgIpc) is 2.72. The lowest BCUT2D eigenvalue weighted by atomic mass is 10.0. The van der Waals surface area contributed by atoms with Crippen molar-refractivity contribution in [1.82, 2.24) is 15.3 Å². The number of methoxy groups -OCH3 is 2. The minimum atomic E-state index is -4.52. The number of nitrogens with one attached hydrogen (secondary N) is 1. The van der Waals surface area contributed by atoms with E-state index in [1.807, 2.05) is 0 Å². The molecule has 1 aromatic heterocycles.